The largest absolute Gasteiger partial charge is 0.395 e. The van der Waals surface area contributed by atoms with Crippen LogP contribution < -0.4 is 0 Å². The molecular weight excluding hydrogens is 164 g/mol. The molecule has 0 saturated carbocycles. The highest BCUT2D eigenvalue weighted by atomic mass is 16.3. The van der Waals surface area contributed by atoms with Gasteiger partial charge in [0.15, 0.2) is 0 Å². The molecule has 0 bridgehead atoms. The van der Waals surface area contributed by atoms with Gasteiger partial charge in [0.2, 0.25) is 0 Å². The van der Waals surface area contributed by atoms with E-state index in [-0.39, 0.29) is 6.61 Å². The number of aliphatic hydroxyl groups excluding tert-OH is 1. The molecular formula is C10H12N2O. The molecule has 1 unspecified atom stereocenters. The highest BCUT2D eigenvalue weighted by Crippen LogP contribution is 2.14. The number of aryl methyl sites for hydroxylation is 1. The van der Waals surface area contributed by atoms with E-state index < -0.39 is 5.92 Å². The van der Waals surface area contributed by atoms with E-state index in [1.54, 1.807) is 12.3 Å². The van der Waals surface area contributed by atoms with E-state index >= 15 is 0 Å². The highest BCUT2D eigenvalue weighted by molar-refractivity contribution is 5.25. The first kappa shape index (κ1) is 9.69. The minimum Gasteiger partial charge on any atom is -0.395 e. The predicted molar refractivity (Wildman–Crippen MR) is 49.1 cm³/mol. The van der Waals surface area contributed by atoms with Gasteiger partial charge in [0, 0.05) is 11.9 Å². The third kappa shape index (κ3) is 2.27. The lowest BCUT2D eigenvalue weighted by Crippen LogP contribution is -2.02. The van der Waals surface area contributed by atoms with Crippen LogP contribution >= 0.6 is 0 Å². The van der Waals surface area contributed by atoms with Crippen molar-refractivity contribution in [1.82, 2.24) is 4.98 Å². The molecule has 1 heterocycles. The Balaban J connectivity index is 2.94. The summed E-state index contributed by atoms with van der Waals surface area (Å²) in [4.78, 5) is 4.12. The van der Waals surface area contributed by atoms with Crippen LogP contribution in [0, 0.1) is 11.3 Å². The third-order valence-corrected chi connectivity index (χ3v) is 1.94. The second-order valence-corrected chi connectivity index (χ2v) is 2.80. The van der Waals surface area contributed by atoms with Crippen molar-refractivity contribution >= 4 is 0 Å². The number of rotatable bonds is 3. The van der Waals surface area contributed by atoms with E-state index in [4.69, 9.17) is 10.4 Å². The van der Waals surface area contributed by atoms with Gasteiger partial charge in [-0.15, -0.1) is 0 Å². The molecule has 0 aliphatic rings. The quantitative estimate of drug-likeness (QED) is 0.753. The van der Waals surface area contributed by atoms with Crippen LogP contribution in [0.25, 0.3) is 0 Å². The van der Waals surface area contributed by atoms with Gasteiger partial charge in [0.05, 0.1) is 18.6 Å². The smallest absolute Gasteiger partial charge is 0.0944 e. The minimum atomic E-state index is -0.423. The van der Waals surface area contributed by atoms with Crippen molar-refractivity contribution in [3.8, 4) is 6.07 Å². The number of hydrogen-bond donors (Lipinski definition) is 1. The summed E-state index contributed by atoms with van der Waals surface area (Å²) in [7, 11) is 0. The molecule has 0 saturated heterocycles. The molecule has 0 spiro atoms. The Hall–Kier alpha value is -1.40. The van der Waals surface area contributed by atoms with Gasteiger partial charge in [-0.2, -0.15) is 5.26 Å². The van der Waals surface area contributed by atoms with Crippen LogP contribution in [-0.4, -0.2) is 16.7 Å². The zero-order valence-electron chi connectivity index (χ0n) is 7.57. The normalized spacial score (nSPS) is 12.1. The average Bonchev–Trinajstić information content (AvgIpc) is 2.20. The maximum atomic E-state index is 8.90. The minimum absolute atomic E-state index is 0.135. The molecule has 1 rings (SSSR count). The molecule has 1 N–H and O–H groups in total. The zero-order chi connectivity index (χ0) is 9.68. The van der Waals surface area contributed by atoms with Crippen molar-refractivity contribution in [2.45, 2.75) is 19.3 Å². The van der Waals surface area contributed by atoms with Gasteiger partial charge in [-0.05, 0) is 24.1 Å². The first-order chi connectivity index (χ1) is 6.31. The molecule has 1 aromatic rings. The monoisotopic (exact) mass is 176 g/mol. The highest BCUT2D eigenvalue weighted by Gasteiger charge is 2.08. The first-order valence-corrected chi connectivity index (χ1v) is 4.27. The summed E-state index contributed by atoms with van der Waals surface area (Å²) < 4.78 is 0. The fraction of sp³-hybridized carbons (Fsp3) is 0.400. The van der Waals surface area contributed by atoms with Crippen LogP contribution in [0.15, 0.2) is 18.3 Å². The topological polar surface area (TPSA) is 56.9 Å². The fourth-order valence-electron chi connectivity index (χ4n) is 1.13. The SMILES string of the molecule is CCc1cc(C(C#N)CO)ccn1. The van der Waals surface area contributed by atoms with Crippen LogP contribution in [-0.2, 0) is 6.42 Å². The van der Waals surface area contributed by atoms with Gasteiger partial charge in [-0.25, -0.2) is 0 Å². The van der Waals surface area contributed by atoms with Crippen LogP contribution in [0.5, 0.6) is 0 Å². The molecule has 1 aromatic heterocycles. The van der Waals surface area contributed by atoms with Crippen LogP contribution in [0.4, 0.5) is 0 Å². The van der Waals surface area contributed by atoms with Gasteiger partial charge in [0.1, 0.15) is 0 Å². The molecule has 3 heteroatoms. The number of aliphatic hydroxyl groups is 1. The zero-order valence-corrected chi connectivity index (χ0v) is 7.57. The summed E-state index contributed by atoms with van der Waals surface area (Å²) in [6.45, 7) is 1.87. The van der Waals surface area contributed by atoms with Gasteiger partial charge in [0.25, 0.3) is 0 Å². The number of aromatic nitrogens is 1. The molecule has 0 fully saturated rings. The second kappa shape index (κ2) is 4.58. The van der Waals surface area contributed by atoms with E-state index in [2.05, 4.69) is 4.98 Å². The lowest BCUT2D eigenvalue weighted by molar-refractivity contribution is 0.286. The number of nitrogens with zero attached hydrogens (tertiary/aromatic N) is 2. The summed E-state index contributed by atoms with van der Waals surface area (Å²) in [5.74, 6) is -0.423. The van der Waals surface area contributed by atoms with Gasteiger partial charge in [-0.3, -0.25) is 4.98 Å². The number of pyridine rings is 1. The summed E-state index contributed by atoms with van der Waals surface area (Å²) >= 11 is 0. The second-order valence-electron chi connectivity index (χ2n) is 2.80. The Morgan fingerprint density at radius 3 is 3.00 bits per heavy atom. The molecule has 0 aliphatic carbocycles. The van der Waals surface area contributed by atoms with Crippen molar-refractivity contribution in [2.24, 2.45) is 0 Å². The van der Waals surface area contributed by atoms with Gasteiger partial charge in [-0.1, -0.05) is 6.92 Å². The lowest BCUT2D eigenvalue weighted by Gasteiger charge is -2.06. The van der Waals surface area contributed by atoms with E-state index in [0.29, 0.717) is 0 Å². The molecule has 13 heavy (non-hydrogen) atoms. The van der Waals surface area contributed by atoms with Crippen LogP contribution in [0.3, 0.4) is 0 Å². The molecule has 0 aromatic carbocycles. The van der Waals surface area contributed by atoms with E-state index in [1.807, 2.05) is 19.1 Å². The van der Waals surface area contributed by atoms with E-state index in [0.717, 1.165) is 17.7 Å². The Labute approximate surface area is 77.7 Å². The Bertz CT molecular complexity index is 317. The van der Waals surface area contributed by atoms with Crippen molar-refractivity contribution in [2.75, 3.05) is 6.61 Å². The Morgan fingerprint density at radius 1 is 1.69 bits per heavy atom. The maximum Gasteiger partial charge on any atom is 0.0944 e. The van der Waals surface area contributed by atoms with Crippen molar-refractivity contribution < 1.29 is 5.11 Å². The number of nitriles is 1. The Morgan fingerprint density at radius 2 is 2.46 bits per heavy atom. The van der Waals surface area contributed by atoms with Gasteiger partial charge < -0.3 is 5.11 Å². The van der Waals surface area contributed by atoms with Crippen molar-refractivity contribution in [3.63, 3.8) is 0 Å². The molecule has 0 amide bonds. The van der Waals surface area contributed by atoms with Crippen LogP contribution in [0.1, 0.15) is 24.1 Å². The van der Waals surface area contributed by atoms with Crippen LogP contribution in [0.2, 0.25) is 0 Å². The fourth-order valence-corrected chi connectivity index (χ4v) is 1.13. The molecule has 68 valence electrons. The molecule has 3 nitrogen and oxygen atoms in total. The molecule has 0 radical (unpaired) electrons. The first-order valence-electron chi connectivity index (χ1n) is 4.27. The molecule has 1 atom stereocenters. The number of hydrogen-bond acceptors (Lipinski definition) is 3. The molecule has 0 aliphatic heterocycles. The van der Waals surface area contributed by atoms with Crippen molar-refractivity contribution in [1.29, 1.82) is 5.26 Å². The average molecular weight is 176 g/mol. The summed E-state index contributed by atoms with van der Waals surface area (Å²) in [6, 6.07) is 5.67. The summed E-state index contributed by atoms with van der Waals surface area (Å²) in [6.07, 6.45) is 2.52. The van der Waals surface area contributed by atoms with Gasteiger partial charge >= 0.3 is 0 Å². The van der Waals surface area contributed by atoms with Crippen molar-refractivity contribution in [3.05, 3.63) is 29.6 Å². The maximum absolute atomic E-state index is 8.90. The standard InChI is InChI=1S/C10H12N2O/c1-2-10-5-8(3-4-12-10)9(6-11)7-13/h3-5,9,13H,2,7H2,1H3. The third-order valence-electron chi connectivity index (χ3n) is 1.94. The van der Waals surface area contributed by atoms with E-state index in [1.165, 1.54) is 0 Å². The predicted octanol–water partition coefficient (Wildman–Crippen LogP) is 1.24. The lowest BCUT2D eigenvalue weighted by atomic mass is 10.0. The Kier molecular flexibility index (Phi) is 3.41. The summed E-state index contributed by atoms with van der Waals surface area (Å²) in [5, 5.41) is 17.6. The van der Waals surface area contributed by atoms with E-state index in [9.17, 15) is 0 Å². The summed E-state index contributed by atoms with van der Waals surface area (Å²) in [5.41, 5.74) is 1.79.